The first-order valence-corrected chi connectivity index (χ1v) is 4.98. The zero-order valence-electron chi connectivity index (χ0n) is 8.75. The van der Waals surface area contributed by atoms with Gasteiger partial charge in [0.15, 0.2) is 0 Å². The van der Waals surface area contributed by atoms with Crippen LogP contribution in [-0.2, 0) is 5.54 Å². The molecule has 3 heteroatoms. The van der Waals surface area contributed by atoms with Crippen LogP contribution in [0.3, 0.4) is 0 Å². The molecule has 0 amide bonds. The maximum absolute atomic E-state index is 12.8. The van der Waals surface area contributed by atoms with Crippen molar-refractivity contribution in [1.29, 1.82) is 0 Å². The fourth-order valence-electron chi connectivity index (χ4n) is 1.66. The highest BCUT2D eigenvalue weighted by molar-refractivity contribution is 5.25. The zero-order valence-corrected chi connectivity index (χ0v) is 8.75. The van der Waals surface area contributed by atoms with Crippen molar-refractivity contribution in [2.75, 3.05) is 6.54 Å². The van der Waals surface area contributed by atoms with Crippen LogP contribution in [0.15, 0.2) is 36.9 Å². The molecule has 2 nitrogen and oxygen atoms in total. The Kier molecular flexibility index (Phi) is 4.00. The highest BCUT2D eigenvalue weighted by Gasteiger charge is 2.24. The summed E-state index contributed by atoms with van der Waals surface area (Å²) < 4.78 is 12.8. The predicted molar refractivity (Wildman–Crippen MR) is 60.8 cm³/mol. The zero-order chi connectivity index (χ0) is 11.3. The van der Waals surface area contributed by atoms with Gasteiger partial charge >= 0.3 is 0 Å². The Morgan fingerprint density at radius 1 is 1.33 bits per heavy atom. The maximum atomic E-state index is 12.8. The summed E-state index contributed by atoms with van der Waals surface area (Å²) >= 11 is 0. The van der Waals surface area contributed by atoms with E-state index in [4.69, 9.17) is 11.5 Å². The molecule has 15 heavy (non-hydrogen) atoms. The lowest BCUT2D eigenvalue weighted by Gasteiger charge is -2.28. The molecule has 1 rings (SSSR count). The van der Waals surface area contributed by atoms with Crippen molar-refractivity contribution in [3.05, 3.63) is 48.3 Å². The molecule has 4 N–H and O–H groups in total. The van der Waals surface area contributed by atoms with E-state index in [0.717, 1.165) is 5.56 Å². The largest absolute Gasteiger partial charge is 0.330 e. The maximum Gasteiger partial charge on any atom is 0.123 e. The Bertz CT molecular complexity index is 321. The van der Waals surface area contributed by atoms with E-state index >= 15 is 0 Å². The molecule has 1 atom stereocenters. The molecule has 0 unspecified atom stereocenters. The van der Waals surface area contributed by atoms with E-state index in [1.807, 2.05) is 0 Å². The third-order valence-electron chi connectivity index (χ3n) is 2.52. The van der Waals surface area contributed by atoms with E-state index < -0.39 is 5.54 Å². The van der Waals surface area contributed by atoms with Gasteiger partial charge in [-0.25, -0.2) is 4.39 Å². The van der Waals surface area contributed by atoms with Crippen molar-refractivity contribution >= 4 is 0 Å². The Labute approximate surface area is 89.8 Å². The predicted octanol–water partition coefficient (Wildman–Crippen LogP) is 1.90. The first-order valence-electron chi connectivity index (χ1n) is 4.98. The summed E-state index contributed by atoms with van der Waals surface area (Å²) in [7, 11) is 0. The van der Waals surface area contributed by atoms with Crippen LogP contribution in [0.4, 0.5) is 4.39 Å². The fraction of sp³-hybridized carbons (Fsp3) is 0.333. The second-order valence-corrected chi connectivity index (χ2v) is 3.69. The molecule has 0 bridgehead atoms. The summed E-state index contributed by atoms with van der Waals surface area (Å²) in [6.07, 6.45) is 3.06. The summed E-state index contributed by atoms with van der Waals surface area (Å²) in [6, 6.07) is 6.23. The summed E-state index contributed by atoms with van der Waals surface area (Å²) in [5.41, 5.74) is 12.1. The van der Waals surface area contributed by atoms with Crippen molar-refractivity contribution < 1.29 is 4.39 Å². The number of benzene rings is 1. The third-order valence-corrected chi connectivity index (χ3v) is 2.52. The Hall–Kier alpha value is -1.19. The van der Waals surface area contributed by atoms with Gasteiger partial charge in [0, 0.05) is 5.54 Å². The van der Waals surface area contributed by atoms with E-state index in [1.165, 1.54) is 12.1 Å². The van der Waals surface area contributed by atoms with Crippen LogP contribution in [-0.4, -0.2) is 6.54 Å². The smallest absolute Gasteiger partial charge is 0.123 e. The van der Waals surface area contributed by atoms with Gasteiger partial charge in [-0.05, 0) is 37.1 Å². The quantitative estimate of drug-likeness (QED) is 0.726. The molecule has 1 aromatic rings. The minimum atomic E-state index is -0.524. The van der Waals surface area contributed by atoms with Crippen molar-refractivity contribution in [2.45, 2.75) is 18.4 Å². The molecule has 0 aliphatic rings. The lowest BCUT2D eigenvalue weighted by molar-refractivity contribution is 0.419. The fourth-order valence-corrected chi connectivity index (χ4v) is 1.66. The Balaban J connectivity index is 2.97. The molecule has 82 valence electrons. The molecule has 0 radical (unpaired) electrons. The highest BCUT2D eigenvalue weighted by atomic mass is 19.1. The Morgan fingerprint density at radius 3 is 2.40 bits per heavy atom. The molecule has 1 aromatic carbocycles. The standard InChI is InChI=1S/C12H17FN2/c1-2-7-12(15,8-9-14)10-3-5-11(13)6-4-10/h2-6H,1,7-9,14-15H2/t12-/m1/s1. The summed E-state index contributed by atoms with van der Waals surface area (Å²) in [5.74, 6) is -0.257. The van der Waals surface area contributed by atoms with Gasteiger partial charge in [-0.1, -0.05) is 18.2 Å². The van der Waals surface area contributed by atoms with Crippen LogP contribution in [0.25, 0.3) is 0 Å². The molecular weight excluding hydrogens is 191 g/mol. The second-order valence-electron chi connectivity index (χ2n) is 3.69. The third kappa shape index (κ3) is 2.88. The number of rotatable bonds is 5. The van der Waals surface area contributed by atoms with Crippen LogP contribution < -0.4 is 11.5 Å². The SMILES string of the molecule is C=CC[C@@](N)(CCN)c1ccc(F)cc1. The van der Waals surface area contributed by atoms with Gasteiger partial charge in [0.25, 0.3) is 0 Å². The van der Waals surface area contributed by atoms with Crippen LogP contribution in [0.1, 0.15) is 18.4 Å². The average molecular weight is 208 g/mol. The van der Waals surface area contributed by atoms with Gasteiger partial charge in [-0.15, -0.1) is 6.58 Å². The normalized spacial score (nSPS) is 14.6. The summed E-state index contributed by atoms with van der Waals surface area (Å²) in [4.78, 5) is 0. The first kappa shape index (κ1) is 11.9. The summed E-state index contributed by atoms with van der Waals surface area (Å²) in [5, 5.41) is 0. The number of hydrogen-bond donors (Lipinski definition) is 2. The molecule has 0 aliphatic heterocycles. The topological polar surface area (TPSA) is 52.0 Å². The van der Waals surface area contributed by atoms with Gasteiger partial charge in [0.1, 0.15) is 5.82 Å². The van der Waals surface area contributed by atoms with Crippen molar-refractivity contribution in [3.8, 4) is 0 Å². The molecule has 0 saturated carbocycles. The molecular formula is C12H17FN2. The van der Waals surface area contributed by atoms with Crippen LogP contribution in [0.2, 0.25) is 0 Å². The molecule has 0 aromatic heterocycles. The first-order chi connectivity index (χ1) is 7.12. The highest BCUT2D eigenvalue weighted by Crippen LogP contribution is 2.26. The van der Waals surface area contributed by atoms with E-state index in [0.29, 0.717) is 19.4 Å². The van der Waals surface area contributed by atoms with Gasteiger partial charge in [-0.3, -0.25) is 0 Å². The molecule has 0 saturated heterocycles. The monoisotopic (exact) mass is 208 g/mol. The van der Waals surface area contributed by atoms with E-state index in [2.05, 4.69) is 6.58 Å². The number of nitrogens with two attached hydrogens (primary N) is 2. The molecule has 0 aliphatic carbocycles. The summed E-state index contributed by atoms with van der Waals surface area (Å²) in [6.45, 7) is 4.18. The molecule has 0 heterocycles. The van der Waals surface area contributed by atoms with Crippen molar-refractivity contribution in [1.82, 2.24) is 0 Å². The number of halogens is 1. The van der Waals surface area contributed by atoms with Crippen LogP contribution in [0, 0.1) is 5.82 Å². The Morgan fingerprint density at radius 2 is 1.93 bits per heavy atom. The van der Waals surface area contributed by atoms with Gasteiger partial charge < -0.3 is 11.5 Å². The van der Waals surface area contributed by atoms with Crippen molar-refractivity contribution in [3.63, 3.8) is 0 Å². The van der Waals surface area contributed by atoms with Crippen molar-refractivity contribution in [2.24, 2.45) is 11.5 Å². The second kappa shape index (κ2) is 5.05. The minimum absolute atomic E-state index is 0.257. The van der Waals surface area contributed by atoms with Crippen LogP contribution >= 0.6 is 0 Å². The van der Waals surface area contributed by atoms with Gasteiger partial charge in [-0.2, -0.15) is 0 Å². The lowest BCUT2D eigenvalue weighted by Crippen LogP contribution is -2.38. The lowest BCUT2D eigenvalue weighted by atomic mass is 9.84. The molecule has 0 fully saturated rings. The average Bonchev–Trinajstić information content (AvgIpc) is 2.19. The molecule has 0 spiro atoms. The van der Waals surface area contributed by atoms with E-state index in [1.54, 1.807) is 18.2 Å². The van der Waals surface area contributed by atoms with Crippen LogP contribution in [0.5, 0.6) is 0 Å². The van der Waals surface area contributed by atoms with Gasteiger partial charge in [0.2, 0.25) is 0 Å². The minimum Gasteiger partial charge on any atom is -0.330 e. The van der Waals surface area contributed by atoms with Gasteiger partial charge in [0.05, 0.1) is 0 Å². The van der Waals surface area contributed by atoms with E-state index in [9.17, 15) is 4.39 Å². The number of hydrogen-bond acceptors (Lipinski definition) is 2. The van der Waals surface area contributed by atoms with E-state index in [-0.39, 0.29) is 5.82 Å².